The van der Waals surface area contributed by atoms with Crippen molar-refractivity contribution >= 4 is 11.8 Å². The van der Waals surface area contributed by atoms with Crippen LogP contribution >= 0.6 is 11.8 Å². The van der Waals surface area contributed by atoms with Crippen LogP contribution in [0.3, 0.4) is 0 Å². The minimum Gasteiger partial charge on any atom is -0.121 e. The maximum absolute atomic E-state index is 3.23. The first-order chi connectivity index (χ1) is 6.95. The van der Waals surface area contributed by atoms with Gasteiger partial charge in [-0.1, -0.05) is 42.0 Å². The summed E-state index contributed by atoms with van der Waals surface area (Å²) in [5.41, 5.74) is 1.54. The summed E-state index contributed by atoms with van der Waals surface area (Å²) in [5, 5.41) is 0. The van der Waals surface area contributed by atoms with Crippen LogP contribution in [-0.2, 0) is 0 Å². The van der Waals surface area contributed by atoms with Gasteiger partial charge in [-0.3, -0.25) is 0 Å². The fourth-order valence-electron chi connectivity index (χ4n) is 1.41. The summed E-state index contributed by atoms with van der Waals surface area (Å²) < 4.78 is 0. The highest BCUT2D eigenvalue weighted by Gasteiger charge is 2.00. The average Bonchev–Trinajstić information content (AvgIpc) is 2.29. The Morgan fingerprint density at radius 3 is 3.07 bits per heavy atom. The van der Waals surface area contributed by atoms with E-state index in [1.54, 1.807) is 0 Å². The highest BCUT2D eigenvalue weighted by molar-refractivity contribution is 7.99. The van der Waals surface area contributed by atoms with Gasteiger partial charge in [-0.25, -0.2) is 0 Å². The van der Waals surface area contributed by atoms with Gasteiger partial charge >= 0.3 is 0 Å². The van der Waals surface area contributed by atoms with E-state index in [2.05, 4.69) is 36.4 Å². The van der Waals surface area contributed by atoms with E-state index in [9.17, 15) is 0 Å². The van der Waals surface area contributed by atoms with Gasteiger partial charge in [0.15, 0.2) is 0 Å². The first-order valence-corrected chi connectivity index (χ1v) is 5.88. The molecule has 0 N–H and O–H groups in total. The number of rotatable bonds is 3. The lowest BCUT2D eigenvalue weighted by Crippen LogP contribution is -1.90. The summed E-state index contributed by atoms with van der Waals surface area (Å²) in [5.74, 6) is 1.10. The molecular weight excluding hydrogens is 188 g/mol. The second-order valence-electron chi connectivity index (χ2n) is 3.31. The standard InChI is InChI=1S/C13H13S/c1-3-7-12(8-4-1)11-14-13-9-5-2-6-10-13/h1-3,5-7,9H,4,8,11H2. The third-order valence-corrected chi connectivity index (χ3v) is 3.27. The molecule has 0 atom stereocenters. The molecular formula is C13H13S. The molecule has 1 aromatic carbocycles. The minimum absolute atomic E-state index is 1.10. The van der Waals surface area contributed by atoms with Crippen molar-refractivity contribution in [1.29, 1.82) is 0 Å². The van der Waals surface area contributed by atoms with Gasteiger partial charge in [-0.2, -0.15) is 0 Å². The number of hydrogen-bond acceptors (Lipinski definition) is 1. The van der Waals surface area contributed by atoms with E-state index in [-0.39, 0.29) is 0 Å². The van der Waals surface area contributed by atoms with Gasteiger partial charge in [0.05, 0.1) is 0 Å². The van der Waals surface area contributed by atoms with Crippen LogP contribution in [0.4, 0.5) is 0 Å². The smallest absolute Gasteiger partial charge is 0.0194 e. The van der Waals surface area contributed by atoms with Gasteiger partial charge in [-0.05, 0) is 25.0 Å². The van der Waals surface area contributed by atoms with Crippen molar-refractivity contribution in [2.45, 2.75) is 17.7 Å². The Bertz CT molecular complexity index is 336. The van der Waals surface area contributed by atoms with Crippen molar-refractivity contribution in [3.63, 3.8) is 0 Å². The maximum Gasteiger partial charge on any atom is 0.0194 e. The van der Waals surface area contributed by atoms with Crippen molar-refractivity contribution in [2.75, 3.05) is 5.75 Å². The van der Waals surface area contributed by atoms with Crippen LogP contribution in [0.1, 0.15) is 12.8 Å². The normalized spacial score (nSPS) is 15.3. The Balaban J connectivity index is 1.88. The molecule has 0 spiro atoms. The number of allylic oxidation sites excluding steroid dienone is 3. The van der Waals surface area contributed by atoms with Gasteiger partial charge in [0.2, 0.25) is 0 Å². The summed E-state index contributed by atoms with van der Waals surface area (Å²) in [6.07, 6.45) is 9.04. The predicted molar refractivity (Wildman–Crippen MR) is 62.5 cm³/mol. The topological polar surface area (TPSA) is 0 Å². The van der Waals surface area contributed by atoms with Crippen LogP contribution in [0.5, 0.6) is 0 Å². The van der Waals surface area contributed by atoms with Gasteiger partial charge < -0.3 is 0 Å². The van der Waals surface area contributed by atoms with E-state index >= 15 is 0 Å². The van der Waals surface area contributed by atoms with E-state index in [1.165, 1.54) is 23.3 Å². The summed E-state index contributed by atoms with van der Waals surface area (Å²) >= 11 is 1.87. The zero-order valence-electron chi connectivity index (χ0n) is 8.07. The molecule has 1 aliphatic rings. The summed E-state index contributed by atoms with van der Waals surface area (Å²) in [7, 11) is 0. The molecule has 0 nitrogen and oxygen atoms in total. The molecule has 0 saturated heterocycles. The molecule has 1 radical (unpaired) electrons. The molecule has 0 aliphatic heterocycles. The van der Waals surface area contributed by atoms with Gasteiger partial charge in [0.25, 0.3) is 0 Å². The number of thioether (sulfide) groups is 1. The molecule has 14 heavy (non-hydrogen) atoms. The molecule has 1 heteroatoms. The van der Waals surface area contributed by atoms with Crippen LogP contribution in [-0.4, -0.2) is 5.75 Å². The fraction of sp³-hybridized carbons (Fsp3) is 0.231. The highest BCUT2D eigenvalue weighted by Crippen LogP contribution is 2.23. The van der Waals surface area contributed by atoms with E-state index in [0.29, 0.717) is 0 Å². The Kier molecular flexibility index (Phi) is 3.47. The Hall–Kier alpha value is -0.950. The molecule has 1 aromatic rings. The van der Waals surface area contributed by atoms with Crippen molar-refractivity contribution in [3.05, 3.63) is 54.1 Å². The maximum atomic E-state index is 3.23. The zero-order chi connectivity index (χ0) is 9.64. The third-order valence-electron chi connectivity index (χ3n) is 2.19. The third kappa shape index (κ3) is 2.78. The van der Waals surface area contributed by atoms with E-state index < -0.39 is 0 Å². The first kappa shape index (κ1) is 9.60. The first-order valence-electron chi connectivity index (χ1n) is 4.89. The zero-order valence-corrected chi connectivity index (χ0v) is 8.89. The molecule has 0 fully saturated rings. The highest BCUT2D eigenvalue weighted by atomic mass is 32.2. The minimum atomic E-state index is 1.10. The van der Waals surface area contributed by atoms with Crippen LogP contribution in [0.15, 0.2) is 53.0 Å². The molecule has 0 aromatic heterocycles. The number of benzene rings is 1. The molecule has 71 valence electrons. The second kappa shape index (κ2) is 5.06. The van der Waals surface area contributed by atoms with Crippen LogP contribution in [0, 0.1) is 6.07 Å². The molecule has 2 rings (SSSR count). The largest absolute Gasteiger partial charge is 0.121 e. The predicted octanol–water partition coefficient (Wildman–Crippen LogP) is 3.86. The lowest BCUT2D eigenvalue weighted by atomic mass is 10.1. The molecule has 0 unspecified atom stereocenters. The van der Waals surface area contributed by atoms with Crippen LogP contribution in [0.25, 0.3) is 0 Å². The molecule has 0 saturated carbocycles. The summed E-state index contributed by atoms with van der Waals surface area (Å²) in [4.78, 5) is 1.24. The summed E-state index contributed by atoms with van der Waals surface area (Å²) in [6.45, 7) is 0. The fourth-order valence-corrected chi connectivity index (χ4v) is 2.32. The molecule has 0 bridgehead atoms. The van der Waals surface area contributed by atoms with Gasteiger partial charge in [-0.15, -0.1) is 11.8 Å². The van der Waals surface area contributed by atoms with Gasteiger partial charge in [0.1, 0.15) is 0 Å². The monoisotopic (exact) mass is 201 g/mol. The Morgan fingerprint density at radius 2 is 2.36 bits per heavy atom. The van der Waals surface area contributed by atoms with Crippen molar-refractivity contribution < 1.29 is 0 Å². The Morgan fingerprint density at radius 1 is 1.36 bits per heavy atom. The number of hydrogen-bond donors (Lipinski definition) is 0. The van der Waals surface area contributed by atoms with Crippen LogP contribution < -0.4 is 0 Å². The Labute approximate surface area is 89.7 Å². The van der Waals surface area contributed by atoms with Gasteiger partial charge in [0, 0.05) is 10.6 Å². The summed E-state index contributed by atoms with van der Waals surface area (Å²) in [6, 6.07) is 11.4. The van der Waals surface area contributed by atoms with Crippen molar-refractivity contribution in [1.82, 2.24) is 0 Å². The van der Waals surface area contributed by atoms with Crippen molar-refractivity contribution in [3.8, 4) is 0 Å². The SMILES string of the molecule is [c]1ccccc1SCC1=CC=CCC1. The van der Waals surface area contributed by atoms with E-state index in [0.717, 1.165) is 5.75 Å². The quantitative estimate of drug-likeness (QED) is 0.669. The van der Waals surface area contributed by atoms with Crippen LogP contribution in [0.2, 0.25) is 0 Å². The second-order valence-corrected chi connectivity index (χ2v) is 4.32. The molecule has 0 heterocycles. The van der Waals surface area contributed by atoms with E-state index in [4.69, 9.17) is 0 Å². The van der Waals surface area contributed by atoms with Crippen molar-refractivity contribution in [2.24, 2.45) is 0 Å². The molecule has 0 amide bonds. The van der Waals surface area contributed by atoms with E-state index in [1.807, 2.05) is 23.9 Å². The molecule has 1 aliphatic carbocycles. The lowest BCUT2D eigenvalue weighted by molar-refractivity contribution is 0.966. The lowest BCUT2D eigenvalue weighted by Gasteiger charge is -2.07. The average molecular weight is 201 g/mol.